The number of aromatic nitrogens is 2. The minimum absolute atomic E-state index is 0.0542. The molecule has 0 radical (unpaired) electrons. The molecule has 96 valence electrons. The topological polar surface area (TPSA) is 118 Å². The van der Waals surface area contributed by atoms with Crippen LogP contribution in [0.15, 0.2) is 36.9 Å². The standard InChI is InChI=1S/C12H10N4O3/c13-9-3-7(12(18)19)1-2-10(9)16-11(17)8-4-14-6-15-5-8/h1-6H,13H2,(H,16,17)(H,18,19). The maximum Gasteiger partial charge on any atom is 0.335 e. The Morgan fingerprint density at radius 3 is 2.42 bits per heavy atom. The van der Waals surface area contributed by atoms with Gasteiger partial charge in [0, 0.05) is 12.4 Å². The molecule has 1 aromatic heterocycles. The number of hydrogen-bond acceptors (Lipinski definition) is 5. The molecule has 0 aliphatic heterocycles. The molecule has 1 heterocycles. The van der Waals surface area contributed by atoms with Crippen molar-refractivity contribution in [3.63, 3.8) is 0 Å². The van der Waals surface area contributed by atoms with E-state index in [1.165, 1.54) is 36.9 Å². The first-order valence-electron chi connectivity index (χ1n) is 5.27. The monoisotopic (exact) mass is 258 g/mol. The summed E-state index contributed by atoms with van der Waals surface area (Å²) >= 11 is 0. The Labute approximate surface area is 108 Å². The second-order valence-corrected chi connectivity index (χ2v) is 3.69. The molecular formula is C12H10N4O3. The van der Waals surface area contributed by atoms with Crippen molar-refractivity contribution in [2.45, 2.75) is 0 Å². The minimum atomic E-state index is -1.08. The Bertz CT molecular complexity index is 628. The van der Waals surface area contributed by atoms with Crippen LogP contribution in [0, 0.1) is 0 Å². The summed E-state index contributed by atoms with van der Waals surface area (Å²) in [6.45, 7) is 0. The Morgan fingerprint density at radius 2 is 1.84 bits per heavy atom. The quantitative estimate of drug-likeness (QED) is 0.707. The van der Waals surface area contributed by atoms with Gasteiger partial charge in [-0.05, 0) is 18.2 Å². The van der Waals surface area contributed by atoms with Gasteiger partial charge in [-0.3, -0.25) is 4.79 Å². The van der Waals surface area contributed by atoms with Gasteiger partial charge < -0.3 is 16.2 Å². The summed E-state index contributed by atoms with van der Waals surface area (Å²) < 4.78 is 0. The number of hydrogen-bond donors (Lipinski definition) is 3. The fourth-order valence-corrected chi connectivity index (χ4v) is 1.42. The molecular weight excluding hydrogens is 248 g/mol. The van der Waals surface area contributed by atoms with Crippen molar-refractivity contribution < 1.29 is 14.7 Å². The highest BCUT2D eigenvalue weighted by molar-refractivity contribution is 6.05. The zero-order valence-corrected chi connectivity index (χ0v) is 9.70. The van der Waals surface area contributed by atoms with Crippen molar-refractivity contribution in [3.05, 3.63) is 48.0 Å². The molecule has 7 heteroatoms. The van der Waals surface area contributed by atoms with Gasteiger partial charge in [0.25, 0.3) is 5.91 Å². The molecule has 0 atom stereocenters. The highest BCUT2D eigenvalue weighted by atomic mass is 16.4. The first kappa shape index (κ1) is 12.5. The van der Waals surface area contributed by atoms with Gasteiger partial charge in [0.2, 0.25) is 0 Å². The molecule has 7 nitrogen and oxygen atoms in total. The van der Waals surface area contributed by atoms with Gasteiger partial charge in [0.15, 0.2) is 0 Å². The fraction of sp³-hybridized carbons (Fsp3) is 0. The molecule has 0 aliphatic carbocycles. The summed E-state index contributed by atoms with van der Waals surface area (Å²) in [5.74, 6) is -1.50. The van der Waals surface area contributed by atoms with Crippen LogP contribution in [0.5, 0.6) is 0 Å². The lowest BCUT2D eigenvalue weighted by atomic mass is 10.1. The van der Waals surface area contributed by atoms with Gasteiger partial charge in [0.05, 0.1) is 22.5 Å². The first-order chi connectivity index (χ1) is 9.08. The van der Waals surface area contributed by atoms with E-state index in [-0.39, 0.29) is 16.8 Å². The lowest BCUT2D eigenvalue weighted by molar-refractivity contribution is 0.0697. The number of carboxylic acids is 1. The molecule has 0 saturated heterocycles. The van der Waals surface area contributed by atoms with Crippen LogP contribution in [-0.4, -0.2) is 27.0 Å². The zero-order chi connectivity index (χ0) is 13.8. The third-order valence-corrected chi connectivity index (χ3v) is 2.37. The van der Waals surface area contributed by atoms with Crippen molar-refractivity contribution in [2.75, 3.05) is 11.1 Å². The smallest absolute Gasteiger partial charge is 0.335 e. The van der Waals surface area contributed by atoms with E-state index in [4.69, 9.17) is 10.8 Å². The van der Waals surface area contributed by atoms with Gasteiger partial charge in [-0.25, -0.2) is 14.8 Å². The molecule has 2 aromatic rings. The van der Waals surface area contributed by atoms with Gasteiger partial charge in [-0.15, -0.1) is 0 Å². The van der Waals surface area contributed by atoms with E-state index in [1.54, 1.807) is 0 Å². The van der Waals surface area contributed by atoms with Crippen LogP contribution < -0.4 is 11.1 Å². The van der Waals surface area contributed by atoms with Gasteiger partial charge in [0.1, 0.15) is 6.33 Å². The summed E-state index contributed by atoms with van der Waals surface area (Å²) in [5.41, 5.74) is 6.52. The Morgan fingerprint density at radius 1 is 1.16 bits per heavy atom. The molecule has 0 spiro atoms. The van der Waals surface area contributed by atoms with Crippen molar-refractivity contribution >= 4 is 23.3 Å². The SMILES string of the molecule is Nc1cc(C(=O)O)ccc1NC(=O)c1cncnc1. The number of benzene rings is 1. The number of nitrogen functional groups attached to an aromatic ring is 1. The highest BCUT2D eigenvalue weighted by Crippen LogP contribution is 2.20. The molecule has 1 aromatic carbocycles. The molecule has 19 heavy (non-hydrogen) atoms. The number of aromatic carboxylic acids is 1. The van der Waals surface area contributed by atoms with Gasteiger partial charge >= 0.3 is 5.97 Å². The lowest BCUT2D eigenvalue weighted by Crippen LogP contribution is -2.14. The van der Waals surface area contributed by atoms with E-state index in [1.807, 2.05) is 0 Å². The number of nitrogens with zero attached hydrogens (tertiary/aromatic N) is 2. The maximum absolute atomic E-state index is 11.8. The van der Waals surface area contributed by atoms with Crippen molar-refractivity contribution in [1.82, 2.24) is 9.97 Å². The third-order valence-electron chi connectivity index (χ3n) is 2.37. The maximum atomic E-state index is 11.8. The molecule has 0 aliphatic rings. The van der Waals surface area contributed by atoms with Gasteiger partial charge in [-0.1, -0.05) is 0 Å². The molecule has 0 saturated carbocycles. The van der Waals surface area contributed by atoms with Crippen LogP contribution in [0.25, 0.3) is 0 Å². The van der Waals surface area contributed by atoms with E-state index >= 15 is 0 Å². The van der Waals surface area contributed by atoms with E-state index in [2.05, 4.69) is 15.3 Å². The normalized spacial score (nSPS) is 9.89. The largest absolute Gasteiger partial charge is 0.478 e. The number of carbonyl (C=O) groups is 2. The second-order valence-electron chi connectivity index (χ2n) is 3.69. The fourth-order valence-electron chi connectivity index (χ4n) is 1.42. The predicted octanol–water partition coefficient (Wildman–Crippen LogP) is 1.01. The van der Waals surface area contributed by atoms with E-state index in [0.29, 0.717) is 5.69 Å². The number of carbonyl (C=O) groups excluding carboxylic acids is 1. The number of rotatable bonds is 3. The zero-order valence-electron chi connectivity index (χ0n) is 9.70. The number of nitrogens with two attached hydrogens (primary N) is 1. The summed E-state index contributed by atoms with van der Waals surface area (Å²) in [6.07, 6.45) is 4.04. The lowest BCUT2D eigenvalue weighted by Gasteiger charge is -2.08. The van der Waals surface area contributed by atoms with Crippen molar-refractivity contribution in [2.24, 2.45) is 0 Å². The number of nitrogens with one attached hydrogen (secondary N) is 1. The Balaban J connectivity index is 2.20. The predicted molar refractivity (Wildman–Crippen MR) is 67.8 cm³/mol. The van der Waals surface area contributed by atoms with Crippen LogP contribution in [-0.2, 0) is 0 Å². The van der Waals surface area contributed by atoms with E-state index in [9.17, 15) is 9.59 Å². The Kier molecular flexibility index (Phi) is 3.37. The van der Waals surface area contributed by atoms with Crippen LogP contribution >= 0.6 is 0 Å². The number of carboxylic acid groups (broad SMARTS) is 1. The molecule has 4 N–H and O–H groups in total. The second kappa shape index (κ2) is 5.13. The third kappa shape index (κ3) is 2.83. The van der Waals surface area contributed by atoms with E-state index in [0.717, 1.165) is 0 Å². The first-order valence-corrected chi connectivity index (χ1v) is 5.27. The van der Waals surface area contributed by atoms with Crippen LogP contribution in [0.2, 0.25) is 0 Å². The van der Waals surface area contributed by atoms with Crippen molar-refractivity contribution in [1.29, 1.82) is 0 Å². The Hall–Kier alpha value is -2.96. The van der Waals surface area contributed by atoms with E-state index < -0.39 is 11.9 Å². The van der Waals surface area contributed by atoms with Crippen LogP contribution in [0.1, 0.15) is 20.7 Å². The van der Waals surface area contributed by atoms with Crippen LogP contribution in [0.4, 0.5) is 11.4 Å². The molecule has 0 fully saturated rings. The number of anilines is 2. The molecule has 0 bridgehead atoms. The summed E-state index contributed by atoms with van der Waals surface area (Å²) in [5, 5.41) is 11.4. The highest BCUT2D eigenvalue weighted by Gasteiger charge is 2.10. The summed E-state index contributed by atoms with van der Waals surface area (Å²) in [7, 11) is 0. The minimum Gasteiger partial charge on any atom is -0.478 e. The molecule has 1 amide bonds. The van der Waals surface area contributed by atoms with Crippen LogP contribution in [0.3, 0.4) is 0 Å². The molecule has 0 unspecified atom stereocenters. The summed E-state index contributed by atoms with van der Waals surface area (Å²) in [6, 6.07) is 4.07. The average Bonchev–Trinajstić information content (AvgIpc) is 2.41. The molecule has 2 rings (SSSR count). The average molecular weight is 258 g/mol. The number of amides is 1. The summed E-state index contributed by atoms with van der Waals surface area (Å²) in [4.78, 5) is 30.0. The van der Waals surface area contributed by atoms with Crippen molar-refractivity contribution in [3.8, 4) is 0 Å². The van der Waals surface area contributed by atoms with Gasteiger partial charge in [-0.2, -0.15) is 0 Å².